The van der Waals surface area contributed by atoms with Crippen LogP contribution in [0.15, 0.2) is 54.1 Å². The first-order valence-corrected chi connectivity index (χ1v) is 6.21. The molecule has 3 heteroatoms. The van der Waals surface area contributed by atoms with Crippen molar-refractivity contribution in [3.05, 3.63) is 76.1 Å². The summed E-state index contributed by atoms with van der Waals surface area (Å²) in [7, 11) is 0. The fraction of sp³-hybridized carbons (Fsp3) is 0.0625. The summed E-state index contributed by atoms with van der Waals surface area (Å²) in [6.07, 6.45) is 3.00. The SMILES string of the molecule is O=CC(=Cc1ccccc1Cl)Cc1ccc(F)cc1. The molecule has 0 aliphatic rings. The summed E-state index contributed by atoms with van der Waals surface area (Å²) in [4.78, 5) is 11.1. The van der Waals surface area contributed by atoms with Crippen LogP contribution in [-0.4, -0.2) is 6.29 Å². The van der Waals surface area contributed by atoms with Crippen molar-refractivity contribution in [3.63, 3.8) is 0 Å². The monoisotopic (exact) mass is 274 g/mol. The van der Waals surface area contributed by atoms with Crippen molar-refractivity contribution in [2.45, 2.75) is 6.42 Å². The fourth-order valence-corrected chi connectivity index (χ4v) is 1.95. The predicted octanol–water partition coefficient (Wildman–Crippen LogP) is 4.30. The van der Waals surface area contributed by atoms with Crippen molar-refractivity contribution < 1.29 is 9.18 Å². The van der Waals surface area contributed by atoms with Crippen molar-refractivity contribution in [3.8, 4) is 0 Å². The van der Waals surface area contributed by atoms with E-state index >= 15 is 0 Å². The van der Waals surface area contributed by atoms with Gasteiger partial charge in [0.25, 0.3) is 0 Å². The molecule has 0 atom stereocenters. The maximum Gasteiger partial charge on any atom is 0.146 e. The molecule has 96 valence electrons. The Hall–Kier alpha value is -1.93. The van der Waals surface area contributed by atoms with Crippen molar-refractivity contribution in [1.29, 1.82) is 0 Å². The lowest BCUT2D eigenvalue weighted by Gasteiger charge is -2.03. The van der Waals surface area contributed by atoms with Gasteiger partial charge in [-0.1, -0.05) is 41.9 Å². The molecule has 0 aliphatic carbocycles. The van der Waals surface area contributed by atoms with Crippen molar-refractivity contribution >= 4 is 24.0 Å². The van der Waals surface area contributed by atoms with Gasteiger partial charge in [-0.15, -0.1) is 0 Å². The first-order chi connectivity index (χ1) is 9.19. The lowest BCUT2D eigenvalue weighted by Crippen LogP contribution is -1.92. The van der Waals surface area contributed by atoms with Gasteiger partial charge in [0, 0.05) is 11.4 Å². The van der Waals surface area contributed by atoms with E-state index in [-0.39, 0.29) is 5.82 Å². The summed E-state index contributed by atoms with van der Waals surface area (Å²) in [5.41, 5.74) is 2.28. The Bertz CT molecular complexity index is 602. The highest BCUT2D eigenvalue weighted by Gasteiger charge is 2.02. The van der Waals surface area contributed by atoms with Gasteiger partial charge in [-0.25, -0.2) is 4.39 Å². The molecule has 2 rings (SSSR count). The fourth-order valence-electron chi connectivity index (χ4n) is 1.76. The number of rotatable bonds is 4. The minimum absolute atomic E-state index is 0.286. The lowest BCUT2D eigenvalue weighted by molar-refractivity contribution is -0.104. The van der Waals surface area contributed by atoms with Gasteiger partial charge in [0.15, 0.2) is 0 Å². The third kappa shape index (κ3) is 3.76. The molecule has 0 amide bonds. The Morgan fingerprint density at radius 1 is 1.11 bits per heavy atom. The van der Waals surface area contributed by atoms with Crippen LogP contribution in [0.25, 0.3) is 6.08 Å². The lowest BCUT2D eigenvalue weighted by atomic mass is 10.0. The van der Waals surface area contributed by atoms with E-state index in [1.807, 2.05) is 18.2 Å². The van der Waals surface area contributed by atoms with Crippen LogP contribution in [0.4, 0.5) is 4.39 Å². The van der Waals surface area contributed by atoms with Crippen LogP contribution in [0.2, 0.25) is 5.02 Å². The average molecular weight is 275 g/mol. The van der Waals surface area contributed by atoms with Crippen LogP contribution in [0, 0.1) is 5.82 Å². The third-order valence-electron chi connectivity index (χ3n) is 2.72. The van der Waals surface area contributed by atoms with Gasteiger partial charge in [-0.05, 0) is 41.0 Å². The van der Waals surface area contributed by atoms with E-state index in [2.05, 4.69) is 0 Å². The van der Waals surface area contributed by atoms with E-state index in [1.165, 1.54) is 12.1 Å². The molecular formula is C16H12ClFO. The Labute approximate surface area is 116 Å². The minimum atomic E-state index is -0.286. The van der Waals surface area contributed by atoms with E-state index in [0.717, 1.165) is 17.4 Å². The molecule has 2 aromatic rings. The maximum absolute atomic E-state index is 12.8. The first-order valence-electron chi connectivity index (χ1n) is 5.84. The van der Waals surface area contributed by atoms with Crippen molar-refractivity contribution in [1.82, 2.24) is 0 Å². The second kappa shape index (κ2) is 6.30. The molecule has 2 aromatic carbocycles. The van der Waals surface area contributed by atoms with Gasteiger partial charge in [-0.3, -0.25) is 4.79 Å². The number of benzene rings is 2. The summed E-state index contributed by atoms with van der Waals surface area (Å²) < 4.78 is 12.8. The normalized spacial score (nSPS) is 11.4. The number of allylic oxidation sites excluding steroid dienone is 1. The molecule has 0 aliphatic heterocycles. The van der Waals surface area contributed by atoms with Crippen molar-refractivity contribution in [2.24, 2.45) is 0 Å². The molecule has 1 nitrogen and oxygen atoms in total. The maximum atomic E-state index is 12.8. The standard InChI is InChI=1S/C16H12ClFO/c17-16-4-2-1-3-14(16)10-13(11-19)9-12-5-7-15(18)8-6-12/h1-8,10-11H,9H2. The zero-order valence-corrected chi connectivity index (χ0v) is 10.9. The molecular weight excluding hydrogens is 263 g/mol. The van der Waals surface area contributed by atoms with Crippen LogP contribution in [0.1, 0.15) is 11.1 Å². The molecule has 0 bridgehead atoms. The van der Waals surface area contributed by atoms with Gasteiger partial charge in [0.05, 0.1) is 0 Å². The van der Waals surface area contributed by atoms with Gasteiger partial charge in [0.1, 0.15) is 12.1 Å². The molecule has 0 saturated carbocycles. The molecule has 0 saturated heterocycles. The van der Waals surface area contributed by atoms with Gasteiger partial charge in [0.2, 0.25) is 0 Å². The Morgan fingerprint density at radius 2 is 1.79 bits per heavy atom. The number of hydrogen-bond donors (Lipinski definition) is 0. The van der Waals surface area contributed by atoms with Crippen LogP contribution >= 0.6 is 11.6 Å². The number of carbonyl (C=O) groups excluding carboxylic acids is 1. The quantitative estimate of drug-likeness (QED) is 0.600. The van der Waals surface area contributed by atoms with E-state index in [4.69, 9.17) is 11.6 Å². The number of halogens is 2. The molecule has 0 unspecified atom stereocenters. The van der Waals surface area contributed by atoms with Gasteiger partial charge in [-0.2, -0.15) is 0 Å². The van der Waals surface area contributed by atoms with Gasteiger partial charge < -0.3 is 0 Å². The first kappa shape index (κ1) is 13.5. The summed E-state index contributed by atoms with van der Waals surface area (Å²) in [5, 5.41) is 0.598. The zero-order valence-electron chi connectivity index (χ0n) is 10.1. The Balaban J connectivity index is 2.23. The minimum Gasteiger partial charge on any atom is -0.298 e. The number of aldehydes is 1. The van der Waals surface area contributed by atoms with E-state index in [0.29, 0.717) is 17.0 Å². The Kier molecular flexibility index (Phi) is 4.48. The van der Waals surface area contributed by atoms with E-state index < -0.39 is 0 Å². The van der Waals surface area contributed by atoms with E-state index in [9.17, 15) is 9.18 Å². The topological polar surface area (TPSA) is 17.1 Å². The molecule has 0 heterocycles. The number of hydrogen-bond acceptors (Lipinski definition) is 1. The Morgan fingerprint density at radius 3 is 2.42 bits per heavy atom. The third-order valence-corrected chi connectivity index (χ3v) is 3.06. The van der Waals surface area contributed by atoms with E-state index in [1.54, 1.807) is 24.3 Å². The molecule has 0 radical (unpaired) electrons. The molecule has 0 N–H and O–H groups in total. The summed E-state index contributed by atoms with van der Waals surface area (Å²) in [5.74, 6) is -0.286. The van der Waals surface area contributed by atoms with Crippen LogP contribution < -0.4 is 0 Å². The summed E-state index contributed by atoms with van der Waals surface area (Å²) >= 11 is 6.04. The molecule has 0 fully saturated rings. The predicted molar refractivity (Wildman–Crippen MR) is 75.6 cm³/mol. The largest absolute Gasteiger partial charge is 0.298 e. The highest BCUT2D eigenvalue weighted by molar-refractivity contribution is 6.32. The van der Waals surface area contributed by atoms with Crippen LogP contribution in [0.3, 0.4) is 0 Å². The second-order valence-electron chi connectivity index (χ2n) is 4.16. The molecule has 0 aromatic heterocycles. The molecule has 0 spiro atoms. The number of carbonyl (C=O) groups is 1. The summed E-state index contributed by atoms with van der Waals surface area (Å²) in [6.45, 7) is 0. The average Bonchev–Trinajstić information content (AvgIpc) is 2.43. The van der Waals surface area contributed by atoms with Gasteiger partial charge >= 0.3 is 0 Å². The van der Waals surface area contributed by atoms with Crippen LogP contribution in [-0.2, 0) is 11.2 Å². The highest BCUT2D eigenvalue weighted by Crippen LogP contribution is 2.19. The molecule has 19 heavy (non-hydrogen) atoms. The van der Waals surface area contributed by atoms with Crippen molar-refractivity contribution in [2.75, 3.05) is 0 Å². The second-order valence-corrected chi connectivity index (χ2v) is 4.57. The summed E-state index contributed by atoms with van der Waals surface area (Å²) in [6, 6.07) is 13.4. The van der Waals surface area contributed by atoms with Crippen LogP contribution in [0.5, 0.6) is 0 Å². The zero-order chi connectivity index (χ0) is 13.7. The smallest absolute Gasteiger partial charge is 0.146 e. The highest BCUT2D eigenvalue weighted by atomic mass is 35.5.